The van der Waals surface area contributed by atoms with Crippen LogP contribution in [0.5, 0.6) is 0 Å². The van der Waals surface area contributed by atoms with Gasteiger partial charge in [-0.05, 0) is 25.8 Å². The Labute approximate surface area is 139 Å². The maximum atomic E-state index is 12.0. The number of hydrogen-bond donors (Lipinski definition) is 3. The molecule has 1 fully saturated rings. The second kappa shape index (κ2) is 6.73. The predicted octanol–water partition coefficient (Wildman–Crippen LogP) is 0.893. The van der Waals surface area contributed by atoms with Gasteiger partial charge in [-0.1, -0.05) is 0 Å². The largest absolute Gasteiger partial charge is 0.345 e. The van der Waals surface area contributed by atoms with E-state index in [0.717, 1.165) is 12.8 Å². The molecular weight excluding hydrogens is 332 g/mol. The Hall–Kier alpha value is -2.20. The molecule has 3 N–H and O–H groups in total. The van der Waals surface area contributed by atoms with Gasteiger partial charge in [0.2, 0.25) is 10.0 Å². The fraction of sp³-hybridized carbons (Fsp3) is 0.500. The number of sulfonamides is 1. The van der Waals surface area contributed by atoms with Crippen LogP contribution < -0.4 is 10.6 Å². The van der Waals surface area contributed by atoms with E-state index in [-0.39, 0.29) is 18.3 Å². The molecule has 10 heteroatoms. The fourth-order valence-electron chi connectivity index (χ4n) is 2.81. The summed E-state index contributed by atoms with van der Waals surface area (Å²) in [4.78, 5) is 23.3. The summed E-state index contributed by atoms with van der Waals surface area (Å²) in [5.41, 5.74) is 1.30. The lowest BCUT2D eigenvalue weighted by atomic mass is 10.2. The highest BCUT2D eigenvalue weighted by Crippen LogP contribution is 2.20. The van der Waals surface area contributed by atoms with Crippen LogP contribution in [0, 0.1) is 0 Å². The SMILES string of the molecule is CCS(=O)(=O)N1CCCC1CNC(=O)Nc1cnc2[nH]ccc2n1. The van der Waals surface area contributed by atoms with E-state index >= 15 is 0 Å². The summed E-state index contributed by atoms with van der Waals surface area (Å²) < 4.78 is 25.5. The van der Waals surface area contributed by atoms with Crippen molar-refractivity contribution >= 4 is 33.0 Å². The molecule has 2 aromatic heterocycles. The van der Waals surface area contributed by atoms with Gasteiger partial charge in [0, 0.05) is 25.3 Å². The summed E-state index contributed by atoms with van der Waals surface area (Å²) in [6.07, 6.45) is 4.73. The van der Waals surface area contributed by atoms with Gasteiger partial charge in [-0.25, -0.2) is 23.2 Å². The Kier molecular flexibility index (Phi) is 4.67. The normalized spacial score (nSPS) is 18.8. The lowest BCUT2D eigenvalue weighted by Gasteiger charge is -2.23. The van der Waals surface area contributed by atoms with Crippen molar-refractivity contribution in [3.8, 4) is 0 Å². The van der Waals surface area contributed by atoms with Crippen molar-refractivity contribution in [1.82, 2.24) is 24.6 Å². The van der Waals surface area contributed by atoms with Crippen molar-refractivity contribution in [2.45, 2.75) is 25.8 Å². The van der Waals surface area contributed by atoms with Crippen LogP contribution in [0.1, 0.15) is 19.8 Å². The third-order valence-corrected chi connectivity index (χ3v) is 5.97. The van der Waals surface area contributed by atoms with Crippen molar-refractivity contribution in [3.63, 3.8) is 0 Å². The Morgan fingerprint density at radius 3 is 3.12 bits per heavy atom. The van der Waals surface area contributed by atoms with Crippen molar-refractivity contribution in [1.29, 1.82) is 0 Å². The standard InChI is InChI=1S/C14H20N6O3S/c1-2-24(22,23)20-7-3-4-10(20)8-17-14(21)19-12-9-16-13-11(18-12)5-6-15-13/h5-6,9-10H,2-4,7-8H2,1H3,(H,15,16)(H2,17,18,19,21). The van der Waals surface area contributed by atoms with Crippen LogP contribution >= 0.6 is 0 Å². The number of nitrogens with one attached hydrogen (secondary N) is 3. The van der Waals surface area contributed by atoms with E-state index in [1.807, 2.05) is 0 Å². The Balaban J connectivity index is 1.57. The number of rotatable bonds is 5. The molecule has 0 saturated carbocycles. The van der Waals surface area contributed by atoms with Crippen LogP contribution in [-0.2, 0) is 10.0 Å². The van der Waals surface area contributed by atoms with Gasteiger partial charge in [0.15, 0.2) is 11.5 Å². The van der Waals surface area contributed by atoms with Crippen LogP contribution in [0.4, 0.5) is 10.6 Å². The first kappa shape index (κ1) is 16.7. The third-order valence-electron chi connectivity index (χ3n) is 4.05. The average Bonchev–Trinajstić information content (AvgIpc) is 3.21. The molecule has 1 atom stereocenters. The first-order chi connectivity index (χ1) is 11.5. The second-order valence-corrected chi connectivity index (χ2v) is 7.82. The second-order valence-electron chi connectivity index (χ2n) is 5.61. The molecule has 0 aliphatic carbocycles. The number of carbonyl (C=O) groups excluding carboxylic acids is 1. The van der Waals surface area contributed by atoms with Crippen molar-refractivity contribution in [2.75, 3.05) is 24.2 Å². The van der Waals surface area contributed by atoms with E-state index in [0.29, 0.717) is 23.5 Å². The monoisotopic (exact) mass is 352 g/mol. The van der Waals surface area contributed by atoms with E-state index in [1.165, 1.54) is 10.5 Å². The zero-order valence-corrected chi connectivity index (χ0v) is 14.1. The van der Waals surface area contributed by atoms with Crippen molar-refractivity contribution in [2.24, 2.45) is 0 Å². The molecule has 0 spiro atoms. The van der Waals surface area contributed by atoms with Gasteiger partial charge in [0.05, 0.1) is 11.9 Å². The van der Waals surface area contributed by atoms with Crippen LogP contribution in [0.2, 0.25) is 0 Å². The minimum absolute atomic E-state index is 0.0714. The molecule has 130 valence electrons. The quantitative estimate of drug-likeness (QED) is 0.738. The number of aromatic nitrogens is 3. The summed E-state index contributed by atoms with van der Waals surface area (Å²) in [5, 5.41) is 5.32. The highest BCUT2D eigenvalue weighted by Gasteiger charge is 2.33. The number of anilines is 1. The number of H-pyrrole nitrogens is 1. The number of carbonyl (C=O) groups is 1. The molecule has 1 aliphatic rings. The van der Waals surface area contributed by atoms with Crippen molar-refractivity contribution < 1.29 is 13.2 Å². The lowest BCUT2D eigenvalue weighted by Crippen LogP contribution is -2.44. The molecule has 9 nitrogen and oxygen atoms in total. The Morgan fingerprint density at radius 1 is 1.50 bits per heavy atom. The molecule has 0 aromatic carbocycles. The minimum Gasteiger partial charge on any atom is -0.345 e. The summed E-state index contributed by atoms with van der Waals surface area (Å²) in [5.74, 6) is 0.408. The molecule has 2 aromatic rings. The number of amides is 2. The first-order valence-electron chi connectivity index (χ1n) is 7.84. The Morgan fingerprint density at radius 2 is 2.33 bits per heavy atom. The Bertz CT molecular complexity index is 834. The summed E-state index contributed by atoms with van der Waals surface area (Å²) in [6, 6.07) is 1.14. The van der Waals surface area contributed by atoms with Gasteiger partial charge in [-0.3, -0.25) is 5.32 Å². The number of hydrogen-bond acceptors (Lipinski definition) is 5. The molecule has 24 heavy (non-hydrogen) atoms. The maximum Gasteiger partial charge on any atom is 0.320 e. The number of urea groups is 1. The van der Waals surface area contributed by atoms with E-state index in [1.54, 1.807) is 19.2 Å². The van der Waals surface area contributed by atoms with Crippen LogP contribution in [-0.4, -0.2) is 58.6 Å². The maximum absolute atomic E-state index is 12.0. The molecule has 3 rings (SSSR count). The highest BCUT2D eigenvalue weighted by atomic mass is 32.2. The van der Waals surface area contributed by atoms with Crippen LogP contribution in [0.3, 0.4) is 0 Å². The number of aromatic amines is 1. The molecule has 1 unspecified atom stereocenters. The molecule has 1 saturated heterocycles. The summed E-state index contributed by atoms with van der Waals surface area (Å²) >= 11 is 0. The predicted molar refractivity (Wildman–Crippen MR) is 90.1 cm³/mol. The van der Waals surface area contributed by atoms with Gasteiger partial charge in [0.1, 0.15) is 5.52 Å². The molecular formula is C14H20N6O3S. The highest BCUT2D eigenvalue weighted by molar-refractivity contribution is 7.89. The summed E-state index contributed by atoms with van der Waals surface area (Å²) in [7, 11) is -3.24. The van der Waals surface area contributed by atoms with Gasteiger partial charge >= 0.3 is 6.03 Å². The fourth-order valence-corrected chi connectivity index (χ4v) is 4.18. The molecule has 1 aliphatic heterocycles. The first-order valence-corrected chi connectivity index (χ1v) is 9.45. The van der Waals surface area contributed by atoms with E-state index < -0.39 is 16.1 Å². The van der Waals surface area contributed by atoms with E-state index in [2.05, 4.69) is 25.6 Å². The third kappa shape index (κ3) is 3.49. The topological polar surface area (TPSA) is 120 Å². The van der Waals surface area contributed by atoms with Crippen LogP contribution in [0.15, 0.2) is 18.5 Å². The molecule has 0 bridgehead atoms. The molecule has 3 heterocycles. The molecule has 2 amide bonds. The zero-order valence-electron chi connectivity index (χ0n) is 13.3. The van der Waals surface area contributed by atoms with Gasteiger partial charge in [-0.15, -0.1) is 0 Å². The van der Waals surface area contributed by atoms with E-state index in [4.69, 9.17) is 0 Å². The minimum atomic E-state index is -3.24. The summed E-state index contributed by atoms with van der Waals surface area (Å²) in [6.45, 7) is 2.41. The molecule has 0 radical (unpaired) electrons. The smallest absolute Gasteiger partial charge is 0.320 e. The van der Waals surface area contributed by atoms with Crippen LogP contribution in [0.25, 0.3) is 11.2 Å². The number of nitrogens with zero attached hydrogens (tertiary/aromatic N) is 3. The van der Waals surface area contributed by atoms with Crippen molar-refractivity contribution in [3.05, 3.63) is 18.5 Å². The van der Waals surface area contributed by atoms with Gasteiger partial charge < -0.3 is 10.3 Å². The lowest BCUT2D eigenvalue weighted by molar-refractivity contribution is 0.249. The van der Waals surface area contributed by atoms with Gasteiger partial charge in [-0.2, -0.15) is 4.31 Å². The number of fused-ring (bicyclic) bond motifs is 1. The van der Waals surface area contributed by atoms with E-state index in [9.17, 15) is 13.2 Å². The van der Waals surface area contributed by atoms with Gasteiger partial charge in [0.25, 0.3) is 0 Å². The zero-order chi connectivity index (χ0) is 17.2. The average molecular weight is 352 g/mol.